The fourth-order valence-corrected chi connectivity index (χ4v) is 3.88. The Balaban J connectivity index is 0.000000335. The fraction of sp³-hybridized carbons (Fsp3) is 0.533. The van der Waals surface area contributed by atoms with Crippen LogP contribution in [0, 0.1) is 19.8 Å². The summed E-state index contributed by atoms with van der Waals surface area (Å²) >= 11 is 1.69. The molecule has 2 aromatic carbocycles. The van der Waals surface area contributed by atoms with E-state index in [2.05, 4.69) is 18.6 Å². The third kappa shape index (κ3) is 11.4. The maximum Gasteiger partial charge on any atom is 0.168 e. The molecule has 0 spiro atoms. The highest BCUT2D eigenvalue weighted by Gasteiger charge is 2.27. The minimum Gasteiger partial charge on any atom is -0.480 e. The number of aldehydes is 1. The molecule has 1 heterocycles. The van der Waals surface area contributed by atoms with Crippen molar-refractivity contribution in [1.29, 1.82) is 0 Å². The summed E-state index contributed by atoms with van der Waals surface area (Å²) in [7, 11) is 1.68. The molecule has 0 amide bonds. The van der Waals surface area contributed by atoms with Gasteiger partial charge < -0.3 is 9.47 Å². The SMILES string of the molecule is CCOC.CSc1ccc(C(=O)C2CCN(C(C)C)OC2)cc1.Cc1cccc(C)c1OC(C)(C)C=O. The van der Waals surface area contributed by atoms with E-state index in [1.165, 1.54) is 4.90 Å². The molecule has 3 rings (SSSR count). The van der Waals surface area contributed by atoms with E-state index in [9.17, 15) is 9.59 Å². The summed E-state index contributed by atoms with van der Waals surface area (Å²) in [5.41, 5.74) is 2.15. The predicted octanol–water partition coefficient (Wildman–Crippen LogP) is 6.57. The minimum absolute atomic E-state index is 0.00451. The van der Waals surface area contributed by atoms with E-state index in [1.807, 2.05) is 74.6 Å². The first-order valence-corrected chi connectivity index (χ1v) is 14.0. The smallest absolute Gasteiger partial charge is 0.168 e. The van der Waals surface area contributed by atoms with Crippen LogP contribution in [0.2, 0.25) is 0 Å². The molecule has 1 atom stereocenters. The standard InChI is InChI=1S/C15H21NO2S.C12H16O2.C3H8O/c1-11(2)16-9-8-13(10-18-16)15(17)12-4-6-14(19-3)7-5-12;1-9-6-5-7-10(2)11(9)14-12(3,4)8-13;1-3-4-2/h4-7,11,13H,8-10H2,1-3H3;5-8H,1-4H3;3H2,1-2H3. The van der Waals surface area contributed by atoms with Crippen molar-refractivity contribution in [1.82, 2.24) is 5.06 Å². The van der Waals surface area contributed by atoms with Gasteiger partial charge in [-0.3, -0.25) is 14.4 Å². The van der Waals surface area contributed by atoms with E-state index in [-0.39, 0.29) is 11.7 Å². The number of aryl methyl sites for hydroxylation is 2. The lowest BCUT2D eigenvalue weighted by molar-refractivity contribution is -0.208. The van der Waals surface area contributed by atoms with Crippen LogP contribution in [-0.4, -0.2) is 61.9 Å². The molecule has 0 aromatic heterocycles. The Bertz CT molecular complexity index is 929. The summed E-state index contributed by atoms with van der Waals surface area (Å²) in [6.07, 6.45) is 3.73. The van der Waals surface area contributed by atoms with Gasteiger partial charge in [0.1, 0.15) is 5.75 Å². The van der Waals surface area contributed by atoms with Gasteiger partial charge in [-0.15, -0.1) is 11.8 Å². The number of methoxy groups -OCH3 is 1. The number of Topliss-reactive ketones (excluding diaryl/α,β-unsaturated/α-hetero) is 1. The number of thioether (sulfide) groups is 1. The van der Waals surface area contributed by atoms with Crippen LogP contribution in [0.1, 0.15) is 62.5 Å². The number of benzene rings is 2. The quantitative estimate of drug-likeness (QED) is 0.217. The van der Waals surface area contributed by atoms with Crippen LogP contribution in [0.15, 0.2) is 47.4 Å². The van der Waals surface area contributed by atoms with Crippen LogP contribution in [0.4, 0.5) is 0 Å². The third-order valence-electron chi connectivity index (χ3n) is 5.81. The number of ketones is 1. The number of hydrogen-bond acceptors (Lipinski definition) is 7. The molecule has 0 saturated carbocycles. The Morgan fingerprint density at radius 2 is 1.73 bits per heavy atom. The monoisotopic (exact) mass is 531 g/mol. The zero-order chi connectivity index (χ0) is 28.0. The topological polar surface area (TPSA) is 65.1 Å². The van der Waals surface area contributed by atoms with Crippen LogP contribution in [0.25, 0.3) is 0 Å². The summed E-state index contributed by atoms with van der Waals surface area (Å²) in [5, 5.41) is 1.96. The first kappa shape index (κ1) is 32.8. The lowest BCUT2D eigenvalue weighted by atomic mass is 9.94. The van der Waals surface area contributed by atoms with Crippen molar-refractivity contribution in [2.45, 2.75) is 71.4 Å². The number of carbonyl (C=O) groups is 2. The van der Waals surface area contributed by atoms with Crippen molar-refractivity contribution in [2.24, 2.45) is 5.92 Å². The molecule has 0 radical (unpaired) electrons. The number of hydroxylamine groups is 2. The molecule has 2 aromatic rings. The molecule has 1 fully saturated rings. The molecular weight excluding hydrogens is 486 g/mol. The number of carbonyl (C=O) groups excluding carboxylic acids is 2. The van der Waals surface area contributed by atoms with E-state index in [0.29, 0.717) is 12.6 Å². The lowest BCUT2D eigenvalue weighted by Gasteiger charge is -2.33. The van der Waals surface area contributed by atoms with Gasteiger partial charge in [0.15, 0.2) is 17.7 Å². The van der Waals surface area contributed by atoms with Gasteiger partial charge >= 0.3 is 0 Å². The van der Waals surface area contributed by atoms with Gasteiger partial charge in [0.25, 0.3) is 0 Å². The molecule has 7 heteroatoms. The van der Waals surface area contributed by atoms with Crippen LogP contribution in [0.3, 0.4) is 0 Å². The normalized spacial score (nSPS) is 15.7. The van der Waals surface area contributed by atoms with Crippen LogP contribution < -0.4 is 4.74 Å². The van der Waals surface area contributed by atoms with E-state index < -0.39 is 5.60 Å². The Hall–Kier alpha value is -2.19. The van der Waals surface area contributed by atoms with Gasteiger partial charge in [-0.2, -0.15) is 5.06 Å². The average Bonchev–Trinajstić information content (AvgIpc) is 2.91. The summed E-state index contributed by atoms with van der Waals surface area (Å²) in [5.74, 6) is 1.01. The van der Waals surface area contributed by atoms with Crippen molar-refractivity contribution in [2.75, 3.05) is 33.1 Å². The highest BCUT2D eigenvalue weighted by molar-refractivity contribution is 7.98. The number of hydrogen-bond donors (Lipinski definition) is 0. The van der Waals surface area contributed by atoms with Gasteiger partial charge in [0.2, 0.25) is 0 Å². The van der Waals surface area contributed by atoms with E-state index in [1.54, 1.807) is 32.7 Å². The van der Waals surface area contributed by atoms with Gasteiger partial charge in [-0.05, 0) is 84.4 Å². The van der Waals surface area contributed by atoms with Crippen LogP contribution in [0.5, 0.6) is 5.75 Å². The van der Waals surface area contributed by atoms with Crippen molar-refractivity contribution in [3.8, 4) is 5.75 Å². The number of ether oxygens (including phenoxy) is 2. The second-order valence-electron chi connectivity index (χ2n) is 9.73. The highest BCUT2D eigenvalue weighted by atomic mass is 32.2. The molecule has 206 valence electrons. The molecule has 1 aliphatic heterocycles. The first-order chi connectivity index (χ1) is 17.5. The van der Waals surface area contributed by atoms with Gasteiger partial charge in [0.05, 0.1) is 6.61 Å². The molecule has 1 aliphatic rings. The maximum absolute atomic E-state index is 12.4. The van der Waals surface area contributed by atoms with Crippen molar-refractivity contribution in [3.63, 3.8) is 0 Å². The number of nitrogens with zero attached hydrogens (tertiary/aromatic N) is 1. The first-order valence-electron chi connectivity index (χ1n) is 12.8. The second-order valence-corrected chi connectivity index (χ2v) is 10.6. The van der Waals surface area contributed by atoms with Crippen molar-refractivity contribution >= 4 is 23.8 Å². The summed E-state index contributed by atoms with van der Waals surface area (Å²) in [6, 6.07) is 14.1. The van der Waals surface area contributed by atoms with E-state index in [4.69, 9.17) is 9.57 Å². The zero-order valence-electron chi connectivity index (χ0n) is 24.0. The molecule has 0 N–H and O–H groups in total. The largest absolute Gasteiger partial charge is 0.480 e. The second kappa shape index (κ2) is 16.6. The average molecular weight is 532 g/mol. The van der Waals surface area contributed by atoms with Gasteiger partial charge in [-0.25, -0.2) is 0 Å². The van der Waals surface area contributed by atoms with Crippen LogP contribution >= 0.6 is 11.8 Å². The van der Waals surface area contributed by atoms with Gasteiger partial charge in [-0.1, -0.05) is 30.3 Å². The van der Waals surface area contributed by atoms with Gasteiger partial charge in [0, 0.05) is 42.7 Å². The molecule has 1 unspecified atom stereocenters. The molecule has 37 heavy (non-hydrogen) atoms. The summed E-state index contributed by atoms with van der Waals surface area (Å²) in [4.78, 5) is 29.9. The fourth-order valence-electron chi connectivity index (χ4n) is 3.47. The molecular formula is C30H45NO5S. The summed E-state index contributed by atoms with van der Waals surface area (Å²) < 4.78 is 10.2. The third-order valence-corrected chi connectivity index (χ3v) is 6.55. The van der Waals surface area contributed by atoms with Crippen LogP contribution in [-0.2, 0) is 14.4 Å². The minimum atomic E-state index is -0.753. The molecule has 1 saturated heterocycles. The molecule has 0 bridgehead atoms. The number of para-hydroxylation sites is 1. The Morgan fingerprint density at radius 3 is 2.14 bits per heavy atom. The summed E-state index contributed by atoms with van der Waals surface area (Å²) in [6.45, 7) is 15.8. The Kier molecular flexibility index (Phi) is 14.7. The number of rotatable bonds is 8. The molecule has 6 nitrogen and oxygen atoms in total. The molecule has 0 aliphatic carbocycles. The zero-order valence-corrected chi connectivity index (χ0v) is 24.8. The predicted molar refractivity (Wildman–Crippen MR) is 153 cm³/mol. The lowest BCUT2D eigenvalue weighted by Crippen LogP contribution is -2.41. The van der Waals surface area contributed by atoms with E-state index in [0.717, 1.165) is 48.3 Å². The highest BCUT2D eigenvalue weighted by Crippen LogP contribution is 2.26. The Labute approximate surface area is 228 Å². The van der Waals surface area contributed by atoms with Crippen molar-refractivity contribution < 1.29 is 23.9 Å². The van der Waals surface area contributed by atoms with E-state index >= 15 is 0 Å². The van der Waals surface area contributed by atoms with Crippen molar-refractivity contribution in [3.05, 3.63) is 59.2 Å². The maximum atomic E-state index is 12.4. The Morgan fingerprint density at radius 1 is 1.16 bits per heavy atom.